The maximum Gasteiger partial charge on any atom is 0.143 e. The van der Waals surface area contributed by atoms with Gasteiger partial charge in [0.15, 0.2) is 0 Å². The summed E-state index contributed by atoms with van der Waals surface area (Å²) in [5, 5.41) is 9.55. The molecule has 0 aliphatic heterocycles. The van der Waals surface area contributed by atoms with Crippen LogP contribution in [-0.4, -0.2) is 12.3 Å². The molecule has 2 rings (SSSR count). The van der Waals surface area contributed by atoms with Gasteiger partial charge in [0.05, 0.1) is 0 Å². The van der Waals surface area contributed by atoms with Gasteiger partial charge in [-0.15, -0.1) is 6.58 Å². The van der Waals surface area contributed by atoms with Crippen LogP contribution in [0.5, 0.6) is 0 Å². The predicted molar refractivity (Wildman–Crippen MR) is 98.1 cm³/mol. The lowest BCUT2D eigenvalue weighted by molar-refractivity contribution is 0.859. The van der Waals surface area contributed by atoms with Gasteiger partial charge in [0, 0.05) is 12.1 Å². The van der Waals surface area contributed by atoms with Crippen LogP contribution in [0.25, 0.3) is 11.6 Å². The van der Waals surface area contributed by atoms with E-state index in [-0.39, 0.29) is 0 Å². The van der Waals surface area contributed by atoms with E-state index in [1.165, 1.54) is 0 Å². The normalized spacial score (nSPS) is 11.8. The van der Waals surface area contributed by atoms with Crippen molar-refractivity contribution >= 4 is 17.4 Å². The van der Waals surface area contributed by atoms with E-state index in [0.717, 1.165) is 29.5 Å². The molecule has 0 aliphatic carbocycles. The lowest BCUT2D eigenvalue weighted by Crippen LogP contribution is -2.01. The molecule has 2 heteroatoms. The summed E-state index contributed by atoms with van der Waals surface area (Å²) in [7, 11) is 0. The molecular formula is C21H20N2. The Bertz CT molecular complexity index is 719. The first-order valence-corrected chi connectivity index (χ1v) is 7.73. The number of unbranched alkanes of at least 4 members (excludes halogenated alkanes) is 1. The van der Waals surface area contributed by atoms with E-state index in [0.29, 0.717) is 12.3 Å². The topological polar surface area (TPSA) is 36.1 Å². The Hall–Kier alpha value is -2.92. The van der Waals surface area contributed by atoms with E-state index in [1.54, 1.807) is 0 Å². The van der Waals surface area contributed by atoms with E-state index in [9.17, 15) is 5.26 Å². The highest BCUT2D eigenvalue weighted by Crippen LogP contribution is 2.20. The Kier molecular flexibility index (Phi) is 6.56. The van der Waals surface area contributed by atoms with Crippen LogP contribution in [0.2, 0.25) is 0 Å². The van der Waals surface area contributed by atoms with Crippen LogP contribution in [0, 0.1) is 11.3 Å². The van der Waals surface area contributed by atoms with Crippen LogP contribution >= 0.6 is 0 Å². The van der Waals surface area contributed by atoms with Crippen molar-refractivity contribution in [2.45, 2.75) is 12.8 Å². The Morgan fingerprint density at radius 2 is 1.70 bits per heavy atom. The average molecular weight is 300 g/mol. The Morgan fingerprint density at radius 3 is 2.30 bits per heavy atom. The van der Waals surface area contributed by atoms with E-state index in [1.807, 2.05) is 72.8 Å². The van der Waals surface area contributed by atoms with Gasteiger partial charge in [-0.05, 0) is 30.0 Å². The van der Waals surface area contributed by atoms with Gasteiger partial charge in [-0.3, -0.25) is 4.99 Å². The molecule has 0 spiro atoms. The SMILES string of the molecule is C=CCCCN=C(C#N)/C(=C/c1ccccc1)c1ccccc1. The summed E-state index contributed by atoms with van der Waals surface area (Å²) >= 11 is 0. The molecule has 0 unspecified atom stereocenters. The molecule has 23 heavy (non-hydrogen) atoms. The van der Waals surface area contributed by atoms with Gasteiger partial charge < -0.3 is 0 Å². The van der Waals surface area contributed by atoms with Crippen molar-refractivity contribution in [2.75, 3.05) is 6.54 Å². The maximum atomic E-state index is 9.55. The van der Waals surface area contributed by atoms with Crippen molar-refractivity contribution in [2.24, 2.45) is 4.99 Å². The van der Waals surface area contributed by atoms with Gasteiger partial charge in [-0.25, -0.2) is 0 Å². The summed E-state index contributed by atoms with van der Waals surface area (Å²) in [5.74, 6) is 0. The molecule has 0 aliphatic rings. The fraction of sp³-hybridized carbons (Fsp3) is 0.143. The largest absolute Gasteiger partial charge is 0.274 e. The highest BCUT2D eigenvalue weighted by Gasteiger charge is 2.09. The molecule has 2 aromatic rings. The minimum atomic E-state index is 0.476. The first kappa shape index (κ1) is 16.5. The third-order valence-corrected chi connectivity index (χ3v) is 3.39. The van der Waals surface area contributed by atoms with Crippen LogP contribution in [0.3, 0.4) is 0 Å². The minimum Gasteiger partial charge on any atom is -0.274 e. The van der Waals surface area contributed by atoms with Crippen LogP contribution in [0.1, 0.15) is 24.0 Å². The van der Waals surface area contributed by atoms with Crippen molar-refractivity contribution in [3.8, 4) is 6.07 Å². The molecule has 0 heterocycles. The van der Waals surface area contributed by atoms with Crippen molar-refractivity contribution in [1.29, 1.82) is 5.26 Å². The second kappa shape index (κ2) is 9.17. The molecule has 0 fully saturated rings. The molecule has 0 N–H and O–H groups in total. The smallest absolute Gasteiger partial charge is 0.143 e. The third kappa shape index (κ3) is 5.09. The summed E-state index contributed by atoms with van der Waals surface area (Å²) < 4.78 is 0. The Balaban J connectivity index is 2.39. The molecule has 2 nitrogen and oxygen atoms in total. The highest BCUT2D eigenvalue weighted by atomic mass is 14.7. The van der Waals surface area contributed by atoms with E-state index >= 15 is 0 Å². The highest BCUT2D eigenvalue weighted by molar-refractivity contribution is 6.34. The monoisotopic (exact) mass is 300 g/mol. The molecule has 0 radical (unpaired) electrons. The second-order valence-electron chi connectivity index (χ2n) is 5.11. The first-order chi connectivity index (χ1) is 11.3. The molecular weight excluding hydrogens is 280 g/mol. The van der Waals surface area contributed by atoms with Gasteiger partial charge in [0.1, 0.15) is 11.8 Å². The first-order valence-electron chi connectivity index (χ1n) is 7.73. The molecule has 0 saturated carbocycles. The number of hydrogen-bond donors (Lipinski definition) is 0. The van der Waals surface area contributed by atoms with Crippen molar-refractivity contribution < 1.29 is 0 Å². The van der Waals surface area contributed by atoms with Gasteiger partial charge in [-0.2, -0.15) is 5.26 Å². The number of aliphatic imine (C=N–C) groups is 1. The van der Waals surface area contributed by atoms with Gasteiger partial charge in [-0.1, -0.05) is 66.7 Å². The molecule has 0 aromatic heterocycles. The molecule has 114 valence electrons. The zero-order chi connectivity index (χ0) is 16.3. The van der Waals surface area contributed by atoms with Crippen molar-refractivity contribution in [3.05, 3.63) is 84.4 Å². The summed E-state index contributed by atoms with van der Waals surface area (Å²) in [5.41, 5.74) is 3.39. The average Bonchev–Trinajstić information content (AvgIpc) is 2.62. The molecule has 0 amide bonds. The van der Waals surface area contributed by atoms with Crippen molar-refractivity contribution in [3.63, 3.8) is 0 Å². The number of hydrogen-bond acceptors (Lipinski definition) is 2. The number of nitriles is 1. The quantitative estimate of drug-likeness (QED) is 0.301. The number of nitrogens with zero attached hydrogens (tertiary/aromatic N) is 2. The fourth-order valence-corrected chi connectivity index (χ4v) is 2.23. The van der Waals surface area contributed by atoms with Crippen LogP contribution in [0.4, 0.5) is 0 Å². The lowest BCUT2D eigenvalue weighted by atomic mass is 9.99. The number of benzene rings is 2. The van der Waals surface area contributed by atoms with Gasteiger partial charge in [0.25, 0.3) is 0 Å². The zero-order valence-electron chi connectivity index (χ0n) is 13.2. The second-order valence-corrected chi connectivity index (χ2v) is 5.11. The Labute approximate surface area is 138 Å². The summed E-state index contributed by atoms with van der Waals surface area (Å²) in [6.45, 7) is 4.34. The summed E-state index contributed by atoms with van der Waals surface area (Å²) in [6, 6.07) is 22.2. The minimum absolute atomic E-state index is 0.476. The molecule has 0 bridgehead atoms. The number of rotatable bonds is 7. The standard InChI is InChI=1S/C21H20N2/c1-2-3-10-15-23-21(17-22)20(19-13-8-5-9-14-19)16-18-11-6-4-7-12-18/h2,4-9,11-14,16H,1,3,10,15H2/b20-16+,23-21?. The zero-order valence-corrected chi connectivity index (χ0v) is 13.2. The van der Waals surface area contributed by atoms with E-state index in [4.69, 9.17) is 0 Å². The number of allylic oxidation sites excluding steroid dienone is 2. The van der Waals surface area contributed by atoms with Crippen molar-refractivity contribution in [1.82, 2.24) is 0 Å². The summed E-state index contributed by atoms with van der Waals surface area (Å²) in [4.78, 5) is 4.49. The molecule has 0 saturated heterocycles. The summed E-state index contributed by atoms with van der Waals surface area (Å²) in [6.07, 6.45) is 5.71. The van der Waals surface area contributed by atoms with Crippen LogP contribution in [0.15, 0.2) is 78.3 Å². The lowest BCUT2D eigenvalue weighted by Gasteiger charge is -2.07. The Morgan fingerprint density at radius 1 is 1.04 bits per heavy atom. The van der Waals surface area contributed by atoms with E-state index in [2.05, 4.69) is 17.6 Å². The predicted octanol–water partition coefficient (Wildman–Crippen LogP) is 5.16. The van der Waals surface area contributed by atoms with Gasteiger partial charge in [0.2, 0.25) is 0 Å². The maximum absolute atomic E-state index is 9.55. The van der Waals surface area contributed by atoms with Gasteiger partial charge >= 0.3 is 0 Å². The molecule has 0 atom stereocenters. The fourth-order valence-electron chi connectivity index (χ4n) is 2.23. The van der Waals surface area contributed by atoms with Crippen LogP contribution < -0.4 is 0 Å². The van der Waals surface area contributed by atoms with E-state index < -0.39 is 0 Å². The third-order valence-electron chi connectivity index (χ3n) is 3.39. The molecule has 2 aromatic carbocycles. The van der Waals surface area contributed by atoms with Crippen LogP contribution in [-0.2, 0) is 0 Å².